The monoisotopic (exact) mass is 582 g/mol. The maximum Gasteiger partial charge on any atom is 0.336 e. The molecule has 0 saturated carbocycles. The van der Waals surface area contributed by atoms with Crippen LogP contribution in [0.15, 0.2) is 102 Å². The second-order valence-corrected chi connectivity index (χ2v) is 9.33. The third-order valence-electron chi connectivity index (χ3n) is 5.73. The van der Waals surface area contributed by atoms with Crippen LogP contribution in [0.2, 0.25) is 5.02 Å². The fourth-order valence-corrected chi connectivity index (χ4v) is 3.86. The van der Waals surface area contributed by atoms with Gasteiger partial charge in [-0.05, 0) is 73.2 Å². The molecule has 0 spiro atoms. The third kappa shape index (κ3) is 8.20. The van der Waals surface area contributed by atoms with Crippen molar-refractivity contribution in [3.8, 4) is 5.75 Å². The fraction of sp³-hybridized carbons (Fsp3) is 0.0323. The summed E-state index contributed by atoms with van der Waals surface area (Å²) >= 11 is 6.08. The Morgan fingerprint density at radius 2 is 1.67 bits per heavy atom. The van der Waals surface area contributed by atoms with Crippen LogP contribution in [0.5, 0.6) is 5.75 Å². The zero-order valence-electron chi connectivity index (χ0n) is 22.1. The largest absolute Gasteiger partial charge is 0.423 e. The van der Waals surface area contributed by atoms with E-state index in [1.165, 1.54) is 60.8 Å². The predicted molar refractivity (Wildman–Crippen MR) is 160 cm³/mol. The van der Waals surface area contributed by atoms with Crippen LogP contribution in [0.4, 0.5) is 11.4 Å². The second-order valence-electron chi connectivity index (χ2n) is 8.89. The van der Waals surface area contributed by atoms with Gasteiger partial charge in [-0.25, -0.2) is 10.2 Å². The van der Waals surface area contributed by atoms with Gasteiger partial charge in [-0.2, -0.15) is 5.10 Å². The molecule has 2 amide bonds. The Labute approximate surface area is 245 Å². The molecule has 0 unspecified atom stereocenters. The normalized spacial score (nSPS) is 10.9. The Morgan fingerprint density at radius 1 is 0.905 bits per heavy atom. The van der Waals surface area contributed by atoms with Gasteiger partial charge in [-0.3, -0.25) is 19.7 Å². The molecule has 42 heavy (non-hydrogen) atoms. The lowest BCUT2D eigenvalue weighted by Gasteiger charge is -2.07. The topological polar surface area (TPSA) is 140 Å². The van der Waals surface area contributed by atoms with E-state index in [-0.39, 0.29) is 17.3 Å². The van der Waals surface area contributed by atoms with Crippen LogP contribution in [-0.2, 0) is 4.79 Å². The van der Waals surface area contributed by atoms with Gasteiger partial charge in [-0.1, -0.05) is 41.4 Å². The molecular formula is C31H23ClN4O6. The molecular weight excluding hydrogens is 560 g/mol. The molecule has 4 rings (SSSR count). The number of benzene rings is 4. The maximum absolute atomic E-state index is 12.6. The molecule has 0 atom stereocenters. The minimum absolute atomic E-state index is 0.107. The summed E-state index contributed by atoms with van der Waals surface area (Å²) in [7, 11) is 0. The first-order chi connectivity index (χ1) is 20.2. The zero-order valence-corrected chi connectivity index (χ0v) is 22.9. The number of hydrazone groups is 1. The summed E-state index contributed by atoms with van der Waals surface area (Å²) in [4.78, 5) is 47.8. The molecule has 210 valence electrons. The van der Waals surface area contributed by atoms with Crippen molar-refractivity contribution in [3.63, 3.8) is 0 Å². The van der Waals surface area contributed by atoms with Crippen LogP contribution >= 0.6 is 11.6 Å². The van der Waals surface area contributed by atoms with E-state index in [2.05, 4.69) is 15.8 Å². The van der Waals surface area contributed by atoms with Gasteiger partial charge < -0.3 is 10.1 Å². The van der Waals surface area contributed by atoms with Gasteiger partial charge in [0.15, 0.2) is 0 Å². The van der Waals surface area contributed by atoms with Gasteiger partial charge in [0.2, 0.25) is 0 Å². The van der Waals surface area contributed by atoms with Crippen molar-refractivity contribution in [2.45, 2.75) is 6.92 Å². The highest BCUT2D eigenvalue weighted by Crippen LogP contribution is 2.22. The molecule has 0 heterocycles. The number of carbonyl (C=O) groups excluding carboxylic acids is 3. The van der Waals surface area contributed by atoms with Crippen molar-refractivity contribution in [1.29, 1.82) is 0 Å². The van der Waals surface area contributed by atoms with Gasteiger partial charge in [0, 0.05) is 45.6 Å². The number of amides is 2. The van der Waals surface area contributed by atoms with Gasteiger partial charge >= 0.3 is 5.97 Å². The molecule has 0 aliphatic carbocycles. The summed E-state index contributed by atoms with van der Waals surface area (Å²) in [6, 6.07) is 23.7. The highest BCUT2D eigenvalue weighted by Gasteiger charge is 2.10. The minimum Gasteiger partial charge on any atom is -0.423 e. The summed E-state index contributed by atoms with van der Waals surface area (Å²) in [5.41, 5.74) is 5.35. The first kappa shape index (κ1) is 29.4. The first-order valence-electron chi connectivity index (χ1n) is 12.4. The van der Waals surface area contributed by atoms with Gasteiger partial charge in [-0.15, -0.1) is 0 Å². The zero-order chi connectivity index (χ0) is 30.1. The summed E-state index contributed by atoms with van der Waals surface area (Å²) in [6.07, 6.45) is 3.79. The average molecular weight is 583 g/mol. The quantitative estimate of drug-likeness (QED) is 0.0602. The van der Waals surface area contributed by atoms with Gasteiger partial charge in [0.25, 0.3) is 17.5 Å². The predicted octanol–water partition coefficient (Wildman–Crippen LogP) is 6.19. The van der Waals surface area contributed by atoms with E-state index in [1.54, 1.807) is 36.4 Å². The lowest BCUT2D eigenvalue weighted by Crippen LogP contribution is -2.18. The highest BCUT2D eigenvalue weighted by atomic mass is 35.5. The molecule has 4 aromatic rings. The van der Waals surface area contributed by atoms with E-state index in [0.29, 0.717) is 33.0 Å². The van der Waals surface area contributed by atoms with Crippen LogP contribution in [0, 0.1) is 17.0 Å². The van der Waals surface area contributed by atoms with Crippen molar-refractivity contribution < 1.29 is 24.0 Å². The number of hydrogen-bond donors (Lipinski definition) is 2. The van der Waals surface area contributed by atoms with E-state index in [0.717, 1.165) is 11.6 Å². The number of esters is 1. The number of carbonyl (C=O) groups is 3. The SMILES string of the molecule is Cc1cccc(C(=O)Nc2ccc(C(=O)N/N=C/c3cc(Cl)ccc3OC(=O)/C=C/c3cccc([N+](=O)[O-])c3)cc2)c1. The van der Waals surface area contributed by atoms with Crippen molar-refractivity contribution in [2.24, 2.45) is 5.10 Å². The van der Waals surface area contributed by atoms with Gasteiger partial charge in [0.05, 0.1) is 11.1 Å². The van der Waals surface area contributed by atoms with Crippen LogP contribution < -0.4 is 15.5 Å². The maximum atomic E-state index is 12.6. The number of anilines is 1. The van der Waals surface area contributed by atoms with E-state index >= 15 is 0 Å². The number of rotatable bonds is 9. The van der Waals surface area contributed by atoms with Gasteiger partial charge in [0.1, 0.15) is 5.75 Å². The number of nitrogens with zero attached hydrogens (tertiary/aromatic N) is 2. The summed E-state index contributed by atoms with van der Waals surface area (Å²) in [6.45, 7) is 1.90. The van der Waals surface area contributed by atoms with Crippen LogP contribution in [-0.4, -0.2) is 28.9 Å². The lowest BCUT2D eigenvalue weighted by atomic mass is 10.1. The molecule has 2 N–H and O–H groups in total. The van der Waals surface area contributed by atoms with Crippen molar-refractivity contribution in [3.05, 3.63) is 140 Å². The van der Waals surface area contributed by atoms with E-state index in [9.17, 15) is 24.5 Å². The van der Waals surface area contributed by atoms with Crippen LogP contribution in [0.25, 0.3) is 6.08 Å². The molecule has 0 bridgehead atoms. The molecule has 11 heteroatoms. The summed E-state index contributed by atoms with van der Waals surface area (Å²) in [5.74, 6) is -1.39. The Balaban J connectivity index is 1.36. The van der Waals surface area contributed by atoms with E-state index in [4.69, 9.17) is 16.3 Å². The Kier molecular flexibility index (Phi) is 9.54. The lowest BCUT2D eigenvalue weighted by molar-refractivity contribution is -0.384. The average Bonchev–Trinajstić information content (AvgIpc) is 2.98. The van der Waals surface area contributed by atoms with Crippen molar-refractivity contribution in [2.75, 3.05) is 5.32 Å². The summed E-state index contributed by atoms with van der Waals surface area (Å²) in [5, 5.41) is 18.0. The first-order valence-corrected chi connectivity index (χ1v) is 12.8. The van der Waals surface area contributed by atoms with Crippen LogP contribution in [0.1, 0.15) is 37.4 Å². The van der Waals surface area contributed by atoms with E-state index in [1.807, 2.05) is 13.0 Å². The fourth-order valence-electron chi connectivity index (χ4n) is 3.68. The number of halogens is 1. The van der Waals surface area contributed by atoms with Crippen LogP contribution in [0.3, 0.4) is 0 Å². The molecule has 10 nitrogen and oxygen atoms in total. The Morgan fingerprint density at radius 3 is 2.40 bits per heavy atom. The van der Waals surface area contributed by atoms with E-state index < -0.39 is 16.8 Å². The Hall–Kier alpha value is -5.61. The smallest absolute Gasteiger partial charge is 0.336 e. The van der Waals surface area contributed by atoms with Crippen molar-refractivity contribution in [1.82, 2.24) is 5.43 Å². The highest BCUT2D eigenvalue weighted by molar-refractivity contribution is 6.31. The van der Waals surface area contributed by atoms with Crippen molar-refractivity contribution >= 4 is 53.0 Å². The molecule has 4 aromatic carbocycles. The molecule has 0 aromatic heterocycles. The molecule has 0 aliphatic heterocycles. The molecule has 0 aliphatic rings. The number of non-ortho nitro benzene ring substituents is 1. The standard InChI is InChI=1S/C31H23ClN4O6/c1-20-4-2-6-23(16-20)30(38)34-26-12-9-22(10-13-26)31(39)35-33-19-24-18-25(32)11-14-28(24)42-29(37)15-8-21-5-3-7-27(17-21)36(40)41/h2-19H,1H3,(H,34,38)(H,35,39)/b15-8+,33-19+. The number of nitro benzene ring substituents is 1. The number of nitro groups is 1. The number of hydrogen-bond acceptors (Lipinski definition) is 7. The molecule has 0 fully saturated rings. The number of nitrogens with one attached hydrogen (secondary N) is 2. The number of ether oxygens (including phenoxy) is 1. The third-order valence-corrected chi connectivity index (χ3v) is 5.97. The second kappa shape index (κ2) is 13.6. The number of aryl methyl sites for hydroxylation is 1. The molecule has 0 saturated heterocycles. The molecule has 0 radical (unpaired) electrons. The summed E-state index contributed by atoms with van der Waals surface area (Å²) < 4.78 is 5.37. The Bertz CT molecular complexity index is 1720. The minimum atomic E-state index is -0.739.